The van der Waals surface area contributed by atoms with Gasteiger partial charge in [-0.2, -0.15) is 5.10 Å². The highest BCUT2D eigenvalue weighted by atomic mass is 79.9. The van der Waals surface area contributed by atoms with E-state index in [9.17, 15) is 0 Å². The van der Waals surface area contributed by atoms with Gasteiger partial charge in [-0.3, -0.25) is 9.67 Å². The molecule has 0 aliphatic carbocycles. The van der Waals surface area contributed by atoms with E-state index in [-0.39, 0.29) is 6.04 Å². The molecule has 0 amide bonds. The Balaban J connectivity index is 2.44. The van der Waals surface area contributed by atoms with Crippen LogP contribution in [0.25, 0.3) is 0 Å². The molecule has 0 saturated heterocycles. The summed E-state index contributed by atoms with van der Waals surface area (Å²) in [6.45, 7) is 6.04. The van der Waals surface area contributed by atoms with Gasteiger partial charge in [-0.15, -0.1) is 0 Å². The quantitative estimate of drug-likeness (QED) is 0.797. The van der Waals surface area contributed by atoms with Crippen molar-refractivity contribution in [1.29, 1.82) is 0 Å². The maximum Gasteiger partial charge on any atom is 0.0775 e. The van der Waals surface area contributed by atoms with Crippen LogP contribution in [-0.4, -0.2) is 21.3 Å². The molecule has 20 heavy (non-hydrogen) atoms. The molecule has 1 N–H and O–H groups in total. The van der Waals surface area contributed by atoms with Gasteiger partial charge >= 0.3 is 0 Å². The van der Waals surface area contributed by atoms with Crippen molar-refractivity contribution >= 4 is 31.9 Å². The lowest BCUT2D eigenvalue weighted by Crippen LogP contribution is -2.26. The Hall–Kier alpha value is -0.720. The van der Waals surface area contributed by atoms with Crippen molar-refractivity contribution in [3.05, 3.63) is 44.9 Å². The van der Waals surface area contributed by atoms with Crippen LogP contribution in [-0.2, 0) is 6.54 Å². The van der Waals surface area contributed by atoms with Crippen molar-refractivity contribution in [2.45, 2.75) is 32.9 Å². The van der Waals surface area contributed by atoms with E-state index in [1.54, 1.807) is 6.20 Å². The van der Waals surface area contributed by atoms with Gasteiger partial charge in [0.05, 0.1) is 22.4 Å². The van der Waals surface area contributed by atoms with Crippen molar-refractivity contribution in [3.8, 4) is 0 Å². The summed E-state index contributed by atoms with van der Waals surface area (Å²) in [6.07, 6.45) is 6.63. The van der Waals surface area contributed by atoms with Crippen LogP contribution < -0.4 is 5.32 Å². The van der Waals surface area contributed by atoms with Crippen LogP contribution in [0.3, 0.4) is 0 Å². The zero-order chi connectivity index (χ0) is 14.5. The van der Waals surface area contributed by atoms with E-state index in [0.717, 1.165) is 39.7 Å². The summed E-state index contributed by atoms with van der Waals surface area (Å²) in [5, 5.41) is 7.99. The van der Waals surface area contributed by atoms with Gasteiger partial charge in [-0.25, -0.2) is 0 Å². The van der Waals surface area contributed by atoms with Gasteiger partial charge in [0.25, 0.3) is 0 Å². The summed E-state index contributed by atoms with van der Waals surface area (Å²) < 4.78 is 4.02. The molecule has 0 aromatic carbocycles. The second kappa shape index (κ2) is 7.33. The number of hydrogen-bond acceptors (Lipinski definition) is 3. The molecule has 0 aliphatic rings. The number of aromatic nitrogens is 3. The van der Waals surface area contributed by atoms with Crippen molar-refractivity contribution in [2.24, 2.45) is 0 Å². The number of nitrogens with zero attached hydrogens (tertiary/aromatic N) is 3. The second-order valence-corrected chi connectivity index (χ2v) is 6.29. The summed E-state index contributed by atoms with van der Waals surface area (Å²) in [6, 6.07) is 2.18. The fourth-order valence-corrected chi connectivity index (χ4v) is 3.07. The summed E-state index contributed by atoms with van der Waals surface area (Å²) in [5.74, 6) is 0. The maximum absolute atomic E-state index is 4.41. The summed E-state index contributed by atoms with van der Waals surface area (Å²) in [5.41, 5.74) is 2.27. The molecule has 1 unspecified atom stereocenters. The van der Waals surface area contributed by atoms with Crippen molar-refractivity contribution in [1.82, 2.24) is 20.1 Å². The summed E-state index contributed by atoms with van der Waals surface area (Å²) in [4.78, 5) is 4.28. The SMILES string of the molecule is CCCNC(c1cncc(Br)c1)c1c(Br)cnn1CC. The number of halogens is 2. The number of pyridine rings is 1. The number of aryl methyl sites for hydroxylation is 1. The average molecular weight is 402 g/mol. The fraction of sp³-hybridized carbons (Fsp3) is 0.429. The van der Waals surface area contributed by atoms with Crippen molar-refractivity contribution < 1.29 is 0 Å². The highest BCUT2D eigenvalue weighted by Crippen LogP contribution is 2.29. The third-order valence-electron chi connectivity index (χ3n) is 3.06. The normalized spacial score (nSPS) is 12.6. The van der Waals surface area contributed by atoms with Gasteiger partial charge < -0.3 is 5.32 Å². The molecule has 2 aromatic rings. The molecule has 4 nitrogen and oxygen atoms in total. The fourth-order valence-electron chi connectivity index (χ4n) is 2.16. The Morgan fingerprint density at radius 1 is 1.25 bits per heavy atom. The van der Waals surface area contributed by atoms with E-state index in [1.807, 2.05) is 17.1 Å². The van der Waals surface area contributed by atoms with Crippen LogP contribution in [0.15, 0.2) is 33.6 Å². The minimum Gasteiger partial charge on any atom is -0.305 e. The number of nitrogens with one attached hydrogen (secondary N) is 1. The first-order valence-electron chi connectivity index (χ1n) is 6.72. The molecule has 1 atom stereocenters. The Labute approximate surface area is 136 Å². The van der Waals surface area contributed by atoms with Gasteiger partial charge in [-0.1, -0.05) is 6.92 Å². The predicted octanol–water partition coefficient (Wildman–Crippen LogP) is 3.91. The lowest BCUT2D eigenvalue weighted by molar-refractivity contribution is 0.527. The predicted molar refractivity (Wildman–Crippen MR) is 87.7 cm³/mol. The van der Waals surface area contributed by atoms with Crippen LogP contribution >= 0.6 is 31.9 Å². The molecule has 6 heteroatoms. The molecule has 0 saturated carbocycles. The van der Waals surface area contributed by atoms with E-state index >= 15 is 0 Å². The highest BCUT2D eigenvalue weighted by molar-refractivity contribution is 9.10. The Kier molecular flexibility index (Phi) is 5.74. The van der Waals surface area contributed by atoms with Crippen LogP contribution in [0.2, 0.25) is 0 Å². The van der Waals surface area contributed by atoms with Crippen molar-refractivity contribution in [2.75, 3.05) is 6.54 Å². The van der Waals surface area contributed by atoms with Gasteiger partial charge in [0.2, 0.25) is 0 Å². The van der Waals surface area contributed by atoms with E-state index in [1.165, 1.54) is 0 Å². The van der Waals surface area contributed by atoms with E-state index < -0.39 is 0 Å². The molecular weight excluding hydrogens is 384 g/mol. The molecule has 2 aromatic heterocycles. The molecule has 0 bridgehead atoms. The molecule has 108 valence electrons. The molecule has 0 fully saturated rings. The summed E-state index contributed by atoms with van der Waals surface area (Å²) >= 11 is 7.10. The Morgan fingerprint density at radius 2 is 2.05 bits per heavy atom. The van der Waals surface area contributed by atoms with Gasteiger partial charge in [0.15, 0.2) is 0 Å². The lowest BCUT2D eigenvalue weighted by Gasteiger charge is -2.20. The number of rotatable bonds is 6. The van der Waals surface area contributed by atoms with Crippen molar-refractivity contribution in [3.63, 3.8) is 0 Å². The van der Waals surface area contributed by atoms with Crippen LogP contribution in [0, 0.1) is 0 Å². The number of hydrogen-bond donors (Lipinski definition) is 1. The molecule has 2 rings (SSSR count). The zero-order valence-electron chi connectivity index (χ0n) is 11.6. The maximum atomic E-state index is 4.41. The van der Waals surface area contributed by atoms with Crippen LogP contribution in [0.1, 0.15) is 37.6 Å². The first-order chi connectivity index (χ1) is 9.67. The van der Waals surface area contributed by atoms with Gasteiger partial charge in [0, 0.05) is 23.4 Å². The zero-order valence-corrected chi connectivity index (χ0v) is 14.8. The summed E-state index contributed by atoms with van der Waals surface area (Å²) in [7, 11) is 0. The third kappa shape index (κ3) is 3.48. The lowest BCUT2D eigenvalue weighted by atomic mass is 10.1. The van der Waals surface area contributed by atoms with E-state index in [4.69, 9.17) is 0 Å². The molecule has 2 heterocycles. The Bertz CT molecular complexity index is 568. The first-order valence-corrected chi connectivity index (χ1v) is 8.31. The molecule has 0 aliphatic heterocycles. The first kappa shape index (κ1) is 15.7. The standard InChI is InChI=1S/C14H18Br2N4/c1-3-5-18-13(10-6-11(15)8-17-7-10)14-12(16)9-19-20(14)4-2/h6-9,13,18H,3-5H2,1-2H3. The largest absolute Gasteiger partial charge is 0.305 e. The van der Waals surface area contributed by atoms with E-state index in [0.29, 0.717) is 0 Å². The second-order valence-electron chi connectivity index (χ2n) is 4.52. The van der Waals surface area contributed by atoms with Gasteiger partial charge in [-0.05, 0) is 63.4 Å². The topological polar surface area (TPSA) is 42.7 Å². The minimum atomic E-state index is 0.0803. The molecule has 0 radical (unpaired) electrons. The average Bonchev–Trinajstić information content (AvgIpc) is 2.81. The highest BCUT2D eigenvalue weighted by Gasteiger charge is 2.21. The smallest absolute Gasteiger partial charge is 0.0775 e. The molecular formula is C14H18Br2N4. The monoisotopic (exact) mass is 400 g/mol. The van der Waals surface area contributed by atoms with Gasteiger partial charge in [0.1, 0.15) is 0 Å². The minimum absolute atomic E-state index is 0.0803. The Morgan fingerprint density at radius 3 is 2.70 bits per heavy atom. The molecule has 0 spiro atoms. The van der Waals surface area contributed by atoms with Crippen LogP contribution in [0.5, 0.6) is 0 Å². The van der Waals surface area contributed by atoms with Crippen LogP contribution in [0.4, 0.5) is 0 Å². The van der Waals surface area contributed by atoms with E-state index in [2.05, 4.69) is 67.2 Å². The third-order valence-corrected chi connectivity index (χ3v) is 4.11.